The highest BCUT2D eigenvalue weighted by molar-refractivity contribution is 7.92. The maximum absolute atomic E-state index is 12.0. The van der Waals surface area contributed by atoms with Crippen molar-refractivity contribution in [1.29, 1.82) is 0 Å². The molecule has 1 atom stereocenters. The molecule has 7 heteroatoms. The summed E-state index contributed by atoms with van der Waals surface area (Å²) >= 11 is 0. The molecular formula is C13H16N2O4S. The van der Waals surface area contributed by atoms with Crippen LogP contribution in [0.15, 0.2) is 24.3 Å². The Morgan fingerprint density at radius 2 is 2.05 bits per heavy atom. The summed E-state index contributed by atoms with van der Waals surface area (Å²) in [4.78, 5) is 13.3. The Hall–Kier alpha value is -1.76. The van der Waals surface area contributed by atoms with E-state index in [9.17, 15) is 13.2 Å². The average Bonchev–Trinajstić information content (AvgIpc) is 2.82. The summed E-state index contributed by atoms with van der Waals surface area (Å²) < 4.78 is 30.3. The van der Waals surface area contributed by atoms with Crippen LogP contribution in [0.5, 0.6) is 0 Å². The minimum atomic E-state index is -3.36. The molecule has 1 aromatic rings. The third-order valence-electron chi connectivity index (χ3n) is 3.73. The van der Waals surface area contributed by atoms with Crippen molar-refractivity contribution >= 4 is 21.8 Å². The summed E-state index contributed by atoms with van der Waals surface area (Å²) in [5.74, 6) is 0. The standard InChI is InChI=1S/C13H16N2O4S/c1-20(17,18)15-9-11(14-6-7-19-13(14)16)8-10-4-2-3-5-12(10)15/h2-5,11H,6-9H2,1H3/t11-/m1/s1. The zero-order valence-electron chi connectivity index (χ0n) is 11.2. The van der Waals surface area contributed by atoms with Gasteiger partial charge in [0.05, 0.1) is 31.1 Å². The molecule has 0 unspecified atom stereocenters. The number of sulfonamides is 1. The first kappa shape index (κ1) is 13.2. The van der Waals surface area contributed by atoms with E-state index in [1.807, 2.05) is 18.2 Å². The average molecular weight is 296 g/mol. The van der Waals surface area contributed by atoms with Crippen LogP contribution in [-0.2, 0) is 21.2 Å². The lowest BCUT2D eigenvalue weighted by atomic mass is 9.99. The van der Waals surface area contributed by atoms with Gasteiger partial charge in [-0.15, -0.1) is 0 Å². The number of rotatable bonds is 2. The van der Waals surface area contributed by atoms with Crippen LogP contribution in [0, 0.1) is 0 Å². The molecule has 0 bridgehead atoms. The van der Waals surface area contributed by atoms with Gasteiger partial charge >= 0.3 is 6.09 Å². The Bertz CT molecular complexity index is 644. The van der Waals surface area contributed by atoms with E-state index in [0.717, 1.165) is 5.56 Å². The first-order chi connectivity index (χ1) is 9.47. The predicted octanol–water partition coefficient (Wildman–Crippen LogP) is 0.829. The normalized spacial score (nSPS) is 22.6. The van der Waals surface area contributed by atoms with Crippen molar-refractivity contribution in [2.45, 2.75) is 12.5 Å². The van der Waals surface area contributed by atoms with E-state index in [2.05, 4.69) is 0 Å². The maximum Gasteiger partial charge on any atom is 0.410 e. The van der Waals surface area contributed by atoms with Crippen LogP contribution in [0.1, 0.15) is 5.56 Å². The summed E-state index contributed by atoms with van der Waals surface area (Å²) in [5, 5.41) is 0. The first-order valence-corrected chi connectivity index (χ1v) is 8.30. The lowest BCUT2D eigenvalue weighted by molar-refractivity contribution is 0.148. The second-order valence-corrected chi connectivity index (χ2v) is 7.00. The summed E-state index contributed by atoms with van der Waals surface area (Å²) in [6.45, 7) is 1.17. The number of benzene rings is 1. The van der Waals surface area contributed by atoms with Crippen molar-refractivity contribution in [2.24, 2.45) is 0 Å². The van der Waals surface area contributed by atoms with Crippen molar-refractivity contribution in [1.82, 2.24) is 4.90 Å². The fourth-order valence-electron chi connectivity index (χ4n) is 2.79. The largest absolute Gasteiger partial charge is 0.448 e. The molecule has 2 aliphatic rings. The van der Waals surface area contributed by atoms with Gasteiger partial charge in [0.15, 0.2) is 0 Å². The monoisotopic (exact) mass is 296 g/mol. The van der Waals surface area contributed by atoms with Gasteiger partial charge in [0, 0.05) is 0 Å². The van der Waals surface area contributed by atoms with Crippen LogP contribution >= 0.6 is 0 Å². The Balaban J connectivity index is 1.98. The van der Waals surface area contributed by atoms with Gasteiger partial charge in [-0.25, -0.2) is 13.2 Å². The van der Waals surface area contributed by atoms with E-state index in [1.165, 1.54) is 10.6 Å². The molecule has 0 aliphatic carbocycles. The number of fused-ring (bicyclic) bond motifs is 1. The summed E-state index contributed by atoms with van der Waals surface area (Å²) in [5.41, 5.74) is 1.65. The summed E-state index contributed by atoms with van der Waals surface area (Å²) in [6, 6.07) is 7.23. The highest BCUT2D eigenvalue weighted by atomic mass is 32.2. The Morgan fingerprint density at radius 1 is 1.30 bits per heavy atom. The van der Waals surface area contributed by atoms with E-state index < -0.39 is 10.0 Å². The molecule has 0 aromatic heterocycles. The molecule has 2 heterocycles. The van der Waals surface area contributed by atoms with E-state index in [-0.39, 0.29) is 18.7 Å². The van der Waals surface area contributed by atoms with Crippen molar-refractivity contribution in [3.8, 4) is 0 Å². The van der Waals surface area contributed by atoms with Crippen molar-refractivity contribution in [2.75, 3.05) is 30.3 Å². The number of cyclic esters (lactones) is 1. The van der Waals surface area contributed by atoms with E-state index in [1.54, 1.807) is 11.0 Å². The molecule has 2 aliphatic heterocycles. The molecule has 0 spiro atoms. The predicted molar refractivity (Wildman–Crippen MR) is 74.2 cm³/mol. The zero-order valence-corrected chi connectivity index (χ0v) is 12.0. The second kappa shape index (κ2) is 4.66. The molecule has 3 rings (SSSR count). The van der Waals surface area contributed by atoms with Gasteiger partial charge in [-0.2, -0.15) is 0 Å². The lowest BCUT2D eigenvalue weighted by Gasteiger charge is -2.37. The molecule has 6 nitrogen and oxygen atoms in total. The summed E-state index contributed by atoms with van der Waals surface area (Å²) in [6.07, 6.45) is 1.48. The number of para-hydroxylation sites is 1. The number of ether oxygens (including phenoxy) is 1. The zero-order chi connectivity index (χ0) is 14.3. The van der Waals surface area contributed by atoms with Crippen molar-refractivity contribution < 1.29 is 17.9 Å². The van der Waals surface area contributed by atoms with Gasteiger partial charge in [0.1, 0.15) is 6.61 Å². The third kappa shape index (κ3) is 2.22. The quantitative estimate of drug-likeness (QED) is 0.811. The van der Waals surface area contributed by atoms with Gasteiger partial charge < -0.3 is 4.74 Å². The minimum absolute atomic E-state index is 0.172. The van der Waals surface area contributed by atoms with Crippen LogP contribution in [0.3, 0.4) is 0 Å². The van der Waals surface area contributed by atoms with Crippen molar-refractivity contribution in [3.63, 3.8) is 0 Å². The topological polar surface area (TPSA) is 66.9 Å². The van der Waals surface area contributed by atoms with E-state index in [4.69, 9.17) is 4.74 Å². The van der Waals surface area contributed by atoms with Crippen molar-refractivity contribution in [3.05, 3.63) is 29.8 Å². The van der Waals surface area contributed by atoms with E-state index in [0.29, 0.717) is 25.3 Å². The number of carbonyl (C=O) groups excluding carboxylic acids is 1. The number of hydrogen-bond acceptors (Lipinski definition) is 4. The number of nitrogens with zero attached hydrogens (tertiary/aromatic N) is 2. The number of anilines is 1. The van der Waals surface area contributed by atoms with Gasteiger partial charge in [-0.1, -0.05) is 18.2 Å². The molecule has 1 amide bonds. The Morgan fingerprint density at radius 3 is 2.70 bits per heavy atom. The molecule has 1 fully saturated rings. The number of amides is 1. The summed E-state index contributed by atoms with van der Waals surface area (Å²) in [7, 11) is -3.36. The van der Waals surface area contributed by atoms with Crippen LogP contribution in [0.25, 0.3) is 0 Å². The van der Waals surface area contributed by atoms with Gasteiger partial charge in [0.2, 0.25) is 10.0 Å². The molecular weight excluding hydrogens is 280 g/mol. The molecule has 0 saturated carbocycles. The van der Waals surface area contributed by atoms with E-state index >= 15 is 0 Å². The number of hydrogen-bond donors (Lipinski definition) is 0. The SMILES string of the molecule is CS(=O)(=O)N1C[C@H](N2CCOC2=O)Cc2ccccc21. The van der Waals surface area contributed by atoms with Crippen LogP contribution < -0.4 is 4.31 Å². The second-order valence-electron chi connectivity index (χ2n) is 5.09. The van der Waals surface area contributed by atoms with Gasteiger partial charge in [-0.3, -0.25) is 9.21 Å². The van der Waals surface area contributed by atoms with Crippen LogP contribution in [0.2, 0.25) is 0 Å². The smallest absolute Gasteiger partial charge is 0.410 e. The van der Waals surface area contributed by atoms with Crippen LogP contribution in [-0.4, -0.2) is 51.4 Å². The Kier molecular flexibility index (Phi) is 3.08. The molecule has 1 saturated heterocycles. The fourth-order valence-corrected chi connectivity index (χ4v) is 3.77. The lowest BCUT2D eigenvalue weighted by Crippen LogP contribution is -2.50. The Labute approximate surface area is 118 Å². The molecule has 108 valence electrons. The molecule has 0 N–H and O–H groups in total. The molecule has 0 radical (unpaired) electrons. The molecule has 1 aromatic carbocycles. The minimum Gasteiger partial charge on any atom is -0.448 e. The van der Waals surface area contributed by atoms with Gasteiger partial charge in [-0.05, 0) is 18.1 Å². The first-order valence-electron chi connectivity index (χ1n) is 6.46. The molecule has 20 heavy (non-hydrogen) atoms. The number of carbonyl (C=O) groups is 1. The van der Waals surface area contributed by atoms with Gasteiger partial charge in [0.25, 0.3) is 0 Å². The fraction of sp³-hybridized carbons (Fsp3) is 0.462. The highest BCUT2D eigenvalue weighted by Gasteiger charge is 2.37. The third-order valence-corrected chi connectivity index (χ3v) is 4.87. The van der Waals surface area contributed by atoms with Crippen LogP contribution in [0.4, 0.5) is 10.5 Å². The maximum atomic E-state index is 12.0. The highest BCUT2D eigenvalue weighted by Crippen LogP contribution is 2.31.